The van der Waals surface area contributed by atoms with Crippen LogP contribution >= 0.6 is 23.2 Å². The number of methoxy groups -OCH3 is 1. The number of alkyl halides is 2. The monoisotopic (exact) mass is 750 g/mol. The van der Waals surface area contributed by atoms with Crippen molar-refractivity contribution < 1.29 is 61.0 Å². The van der Waals surface area contributed by atoms with E-state index < -0.39 is 105 Å². The third kappa shape index (κ3) is 4.55. The molecule has 0 bridgehead atoms. The average Bonchev–Trinajstić information content (AvgIpc) is 3.45. The van der Waals surface area contributed by atoms with Crippen molar-refractivity contribution in [2.75, 3.05) is 16.9 Å². The zero-order valence-corrected chi connectivity index (χ0v) is 27.4. The highest BCUT2D eigenvalue weighted by atomic mass is 35.5. The van der Waals surface area contributed by atoms with Gasteiger partial charge in [-0.05, 0) is 54.1 Å². The van der Waals surface area contributed by atoms with Gasteiger partial charge in [0.15, 0.2) is 44.5 Å². The molecule has 4 aliphatic rings. The van der Waals surface area contributed by atoms with E-state index in [1.807, 2.05) is 0 Å². The predicted octanol–water partition coefficient (Wildman–Crippen LogP) is 3.54. The van der Waals surface area contributed by atoms with E-state index in [2.05, 4.69) is 0 Å². The topological polar surface area (TPSA) is 145 Å². The molecule has 3 fully saturated rings. The minimum absolute atomic E-state index is 0.000864. The molecule has 7 rings (SSSR count). The lowest BCUT2D eigenvalue weighted by Gasteiger charge is -2.50. The van der Waals surface area contributed by atoms with Gasteiger partial charge in [-0.2, -0.15) is 0 Å². The molecule has 3 aromatic rings. The molecule has 2 aliphatic carbocycles. The van der Waals surface area contributed by atoms with Crippen LogP contribution < -0.4 is 20.0 Å². The zero-order valence-electron chi connectivity index (χ0n) is 25.8. The van der Waals surface area contributed by atoms with Gasteiger partial charge in [0, 0.05) is 5.92 Å². The summed E-state index contributed by atoms with van der Waals surface area (Å²) in [5, 5.41) is 29.7. The first-order valence-electron chi connectivity index (χ1n) is 15.2. The van der Waals surface area contributed by atoms with E-state index in [4.69, 9.17) is 27.9 Å². The second-order valence-corrected chi connectivity index (χ2v) is 13.8. The van der Waals surface area contributed by atoms with Gasteiger partial charge in [0.1, 0.15) is 5.69 Å². The first-order chi connectivity index (χ1) is 24.0. The van der Waals surface area contributed by atoms with Gasteiger partial charge in [-0.15, -0.1) is 23.2 Å². The standard InChI is InChI=1S/C33H22BCl2F5N2O8/c1-51-19-9-12(5-8-18(19)44)21-15-6-7-16-20(29(46)42(28(16)45)14-4-2-3-13(10-14)34(49)50)17(15)11-32(35)30(47)43(31(48)33(21,32)36)27-25(40)23(38)22(37)24(39)26(27)41/h2-6,8-10,16-17,20-21,44,49-50H,7,11H2,1H3/t16-,17+,20-,21-,32+,33-/m0/s1. The van der Waals surface area contributed by atoms with Gasteiger partial charge in [-0.25, -0.2) is 26.9 Å². The van der Waals surface area contributed by atoms with Crippen LogP contribution in [0, 0.1) is 46.8 Å². The molecule has 51 heavy (non-hydrogen) atoms. The fourth-order valence-corrected chi connectivity index (χ4v) is 8.83. The Morgan fingerprint density at radius 3 is 2.12 bits per heavy atom. The van der Waals surface area contributed by atoms with Crippen molar-refractivity contribution in [3.63, 3.8) is 0 Å². The fourth-order valence-electron chi connectivity index (χ4n) is 7.89. The van der Waals surface area contributed by atoms with E-state index in [-0.39, 0.29) is 45.1 Å². The molecule has 4 amide bonds. The lowest BCUT2D eigenvalue weighted by atomic mass is 9.56. The van der Waals surface area contributed by atoms with E-state index in [0.717, 1.165) is 11.0 Å². The molecular weight excluding hydrogens is 729 g/mol. The summed E-state index contributed by atoms with van der Waals surface area (Å²) in [6.07, 6.45) is 0.685. The summed E-state index contributed by atoms with van der Waals surface area (Å²) in [6.45, 7) is 0. The molecule has 3 aromatic carbocycles. The fraction of sp³-hybridized carbons (Fsp3) is 0.273. The Morgan fingerprint density at radius 1 is 0.843 bits per heavy atom. The van der Waals surface area contributed by atoms with Crippen LogP contribution in [0.2, 0.25) is 0 Å². The highest BCUT2D eigenvalue weighted by molar-refractivity contribution is 6.59. The number of ether oxygens (including phenoxy) is 1. The van der Waals surface area contributed by atoms with Crippen LogP contribution in [0.25, 0.3) is 0 Å². The molecule has 18 heteroatoms. The molecule has 0 unspecified atom stereocenters. The summed E-state index contributed by atoms with van der Waals surface area (Å²) in [5.74, 6) is -22.8. The lowest BCUT2D eigenvalue weighted by Crippen LogP contribution is -2.60. The number of aromatic hydroxyl groups is 1. The smallest absolute Gasteiger partial charge is 0.488 e. The van der Waals surface area contributed by atoms with Gasteiger partial charge in [-0.1, -0.05) is 29.8 Å². The van der Waals surface area contributed by atoms with Crippen LogP contribution in [0.4, 0.5) is 33.3 Å². The number of amides is 4. The number of allylic oxidation sites excluding steroid dienone is 2. The molecule has 0 radical (unpaired) electrons. The largest absolute Gasteiger partial charge is 0.504 e. The number of nitrogens with zero attached hydrogens (tertiary/aromatic N) is 2. The summed E-state index contributed by atoms with van der Waals surface area (Å²) >= 11 is 14.2. The number of phenols is 1. The van der Waals surface area contributed by atoms with Crippen LogP contribution in [-0.4, -0.2) is 62.8 Å². The molecule has 2 aliphatic heterocycles. The van der Waals surface area contributed by atoms with E-state index >= 15 is 8.78 Å². The number of hydrogen-bond acceptors (Lipinski definition) is 8. The molecule has 2 saturated heterocycles. The second-order valence-electron chi connectivity index (χ2n) is 12.6. The lowest BCUT2D eigenvalue weighted by molar-refractivity contribution is -0.125. The van der Waals surface area contributed by atoms with Crippen LogP contribution in [0.5, 0.6) is 11.5 Å². The molecule has 0 spiro atoms. The molecule has 1 saturated carbocycles. The highest BCUT2D eigenvalue weighted by Gasteiger charge is 2.77. The molecule has 3 N–H and O–H groups in total. The molecule has 0 aromatic heterocycles. The van der Waals surface area contributed by atoms with Gasteiger partial charge in [0.25, 0.3) is 11.8 Å². The van der Waals surface area contributed by atoms with Gasteiger partial charge in [-0.3, -0.25) is 24.1 Å². The van der Waals surface area contributed by atoms with Crippen molar-refractivity contribution in [1.82, 2.24) is 0 Å². The van der Waals surface area contributed by atoms with Crippen molar-refractivity contribution in [2.45, 2.75) is 28.5 Å². The summed E-state index contributed by atoms with van der Waals surface area (Å²) in [5.41, 5.74) is -1.71. The number of anilines is 2. The first kappa shape index (κ1) is 34.9. The molecule has 2 heterocycles. The second kappa shape index (κ2) is 11.8. The molecule has 6 atom stereocenters. The van der Waals surface area contributed by atoms with Crippen molar-refractivity contribution in [3.8, 4) is 11.5 Å². The SMILES string of the molecule is COc1cc([C@H]2C3=CC[C@@H]4C(=O)N(c5cccc(B(O)O)c5)C(=O)[C@@H]4[C@@H]3C[C@@]3(Cl)C(=O)N(c4c(F)c(F)c(F)c(F)c4F)C(=O)[C@@]23Cl)ccc1O. The minimum Gasteiger partial charge on any atom is -0.504 e. The zero-order chi connectivity index (χ0) is 37.1. The third-order valence-electron chi connectivity index (χ3n) is 10.2. The van der Waals surface area contributed by atoms with E-state index in [1.165, 1.54) is 49.6 Å². The van der Waals surface area contributed by atoms with Gasteiger partial charge >= 0.3 is 7.12 Å². The van der Waals surface area contributed by atoms with Gasteiger partial charge < -0.3 is 19.9 Å². The van der Waals surface area contributed by atoms with Crippen molar-refractivity contribution in [2.24, 2.45) is 17.8 Å². The number of halogens is 7. The van der Waals surface area contributed by atoms with Crippen LogP contribution in [0.1, 0.15) is 24.3 Å². The Balaban J connectivity index is 1.43. The molecule has 10 nitrogen and oxygen atoms in total. The van der Waals surface area contributed by atoms with E-state index in [1.54, 1.807) is 0 Å². The number of fused-ring (bicyclic) bond motifs is 4. The number of rotatable bonds is 5. The number of carbonyl (C=O) groups excluding carboxylic acids is 4. The van der Waals surface area contributed by atoms with Gasteiger partial charge in [0.2, 0.25) is 17.6 Å². The minimum atomic E-state index is -2.75. The third-order valence-corrected chi connectivity index (χ3v) is 11.6. The summed E-state index contributed by atoms with van der Waals surface area (Å²) < 4.78 is 78.5. The Labute approximate surface area is 294 Å². The maximum Gasteiger partial charge on any atom is 0.488 e. The van der Waals surface area contributed by atoms with Crippen LogP contribution in [0.3, 0.4) is 0 Å². The van der Waals surface area contributed by atoms with Gasteiger partial charge in [0.05, 0.1) is 24.6 Å². The van der Waals surface area contributed by atoms with Crippen molar-refractivity contribution >= 4 is 70.8 Å². The molecule has 264 valence electrons. The summed E-state index contributed by atoms with van der Waals surface area (Å²) in [6, 6.07) is 8.99. The Kier molecular flexibility index (Phi) is 8.06. The summed E-state index contributed by atoms with van der Waals surface area (Å²) in [7, 11) is -0.735. The van der Waals surface area contributed by atoms with E-state index in [9.17, 15) is 47.5 Å². The normalized spacial score (nSPS) is 28.5. The van der Waals surface area contributed by atoms with Crippen molar-refractivity contribution in [3.05, 3.63) is 88.8 Å². The van der Waals surface area contributed by atoms with Crippen LogP contribution in [0.15, 0.2) is 54.1 Å². The average molecular weight is 751 g/mol. The maximum atomic E-state index is 15.2. The number of imide groups is 2. The Bertz CT molecular complexity index is 2110. The molecular formula is C33H22BCl2F5N2O8. The van der Waals surface area contributed by atoms with E-state index in [0.29, 0.717) is 0 Å². The summed E-state index contributed by atoms with van der Waals surface area (Å²) in [4.78, 5) is 51.7. The highest BCUT2D eigenvalue weighted by Crippen LogP contribution is 2.66. The Morgan fingerprint density at radius 2 is 1.49 bits per heavy atom. The number of benzene rings is 3. The quantitative estimate of drug-likeness (QED) is 0.0684. The number of carbonyl (C=O) groups is 4. The van der Waals surface area contributed by atoms with Crippen LogP contribution in [-0.2, 0) is 19.2 Å². The number of hydrogen-bond donors (Lipinski definition) is 3. The number of phenolic OH excluding ortho intramolecular Hbond substituents is 1. The first-order valence-corrected chi connectivity index (χ1v) is 16.0. The Hall–Kier alpha value is -4.51. The van der Waals surface area contributed by atoms with Crippen molar-refractivity contribution in [1.29, 1.82) is 0 Å². The predicted molar refractivity (Wildman–Crippen MR) is 170 cm³/mol. The maximum absolute atomic E-state index is 15.2.